The maximum atomic E-state index is 12.6. The van der Waals surface area contributed by atoms with Crippen LogP contribution < -0.4 is 10.1 Å². The van der Waals surface area contributed by atoms with Gasteiger partial charge in [0.25, 0.3) is 0 Å². The van der Waals surface area contributed by atoms with E-state index >= 15 is 0 Å². The number of ether oxygens (including phenoxy) is 2. The number of fused-ring (bicyclic) bond motifs is 1. The van der Waals surface area contributed by atoms with Gasteiger partial charge in [0.05, 0.1) is 0 Å². The molecule has 2 rings (SSSR count). The van der Waals surface area contributed by atoms with Crippen LogP contribution in [0.3, 0.4) is 0 Å². The minimum Gasteiger partial charge on any atom is -0.409 e. The maximum Gasteiger partial charge on any atom is 0.535 e. The van der Waals surface area contributed by atoms with Crippen LogP contribution in [-0.2, 0) is 4.74 Å². The third kappa shape index (κ3) is 1.50. The zero-order valence-corrected chi connectivity index (χ0v) is 7.38. The number of hydrogen-bond acceptors (Lipinski definition) is 3. The van der Waals surface area contributed by atoms with Gasteiger partial charge in [0.2, 0.25) is 0 Å². The number of halogens is 2. The van der Waals surface area contributed by atoms with Gasteiger partial charge in [-0.1, -0.05) is 6.07 Å². The summed E-state index contributed by atoms with van der Waals surface area (Å²) in [5, 5.41) is 2.85. The van der Waals surface area contributed by atoms with Gasteiger partial charge in [-0.15, -0.1) is 8.78 Å². The normalized spacial score (nSPS) is 18.2. The summed E-state index contributed by atoms with van der Waals surface area (Å²) >= 11 is 0. The second-order valence-corrected chi connectivity index (χ2v) is 2.77. The molecule has 1 aliphatic heterocycles. The minimum atomic E-state index is -3.57. The van der Waals surface area contributed by atoms with Gasteiger partial charge in [-0.3, -0.25) is 4.74 Å². The fourth-order valence-corrected chi connectivity index (χ4v) is 1.25. The molecule has 75 valence electrons. The monoisotopic (exact) mass is 200 g/mol. The summed E-state index contributed by atoms with van der Waals surface area (Å²) in [5.74, 6) is 0.105. The van der Waals surface area contributed by atoms with Crippen LogP contribution >= 0.6 is 0 Å². The number of rotatable bonds is 1. The third-order valence-electron chi connectivity index (χ3n) is 1.88. The van der Waals surface area contributed by atoms with Crippen LogP contribution in [0.1, 0.15) is 5.56 Å². The largest absolute Gasteiger partial charge is 0.535 e. The van der Waals surface area contributed by atoms with Gasteiger partial charge in [-0.2, -0.15) is 0 Å². The van der Waals surface area contributed by atoms with Gasteiger partial charge in [-0.25, -0.2) is 0 Å². The smallest absolute Gasteiger partial charge is 0.409 e. The Morgan fingerprint density at radius 2 is 2.14 bits per heavy atom. The zero-order valence-electron chi connectivity index (χ0n) is 7.38. The van der Waals surface area contributed by atoms with Crippen molar-refractivity contribution < 1.29 is 18.3 Å². The van der Waals surface area contributed by atoms with E-state index in [0.29, 0.717) is 11.3 Å². The molecule has 5 heteroatoms. The van der Waals surface area contributed by atoms with Crippen LogP contribution in [0.4, 0.5) is 14.5 Å². The van der Waals surface area contributed by atoms with E-state index in [4.69, 9.17) is 0 Å². The highest BCUT2D eigenvalue weighted by Crippen LogP contribution is 2.37. The van der Waals surface area contributed by atoms with Crippen LogP contribution in [-0.4, -0.2) is 13.3 Å². The SMILES string of the molecule is CNc1cccc2c1[CH]OC(F)(F)O2. The average molecular weight is 200 g/mol. The molecule has 1 aliphatic rings. The summed E-state index contributed by atoms with van der Waals surface area (Å²) in [6.45, 7) is 0.991. The summed E-state index contributed by atoms with van der Waals surface area (Å²) in [5.41, 5.74) is 1.17. The van der Waals surface area contributed by atoms with E-state index in [2.05, 4.69) is 14.8 Å². The molecule has 0 unspecified atom stereocenters. The molecule has 0 amide bonds. The highest BCUT2D eigenvalue weighted by atomic mass is 19.3. The molecule has 1 radical (unpaired) electrons. The molecule has 0 saturated heterocycles. The topological polar surface area (TPSA) is 30.5 Å². The lowest BCUT2D eigenvalue weighted by Gasteiger charge is -2.25. The quantitative estimate of drug-likeness (QED) is 0.753. The molecular formula is C9H8F2NO2. The van der Waals surface area contributed by atoms with E-state index in [9.17, 15) is 8.78 Å². The Kier molecular flexibility index (Phi) is 2.03. The lowest BCUT2D eigenvalue weighted by atomic mass is 10.1. The molecule has 0 aromatic heterocycles. The van der Waals surface area contributed by atoms with Gasteiger partial charge in [-0.05, 0) is 12.1 Å². The van der Waals surface area contributed by atoms with Crippen LogP contribution in [0.25, 0.3) is 0 Å². The van der Waals surface area contributed by atoms with Crippen molar-refractivity contribution in [2.45, 2.75) is 6.29 Å². The number of hydrogen-bond donors (Lipinski definition) is 1. The molecule has 0 spiro atoms. The molecule has 0 atom stereocenters. The van der Waals surface area contributed by atoms with E-state index in [1.807, 2.05) is 0 Å². The van der Waals surface area contributed by atoms with E-state index in [0.717, 1.165) is 6.61 Å². The van der Waals surface area contributed by atoms with Crippen molar-refractivity contribution >= 4 is 5.69 Å². The highest BCUT2D eigenvalue weighted by molar-refractivity contribution is 5.60. The molecule has 0 fully saturated rings. The first kappa shape index (κ1) is 9.21. The maximum absolute atomic E-state index is 12.6. The van der Waals surface area contributed by atoms with Crippen LogP contribution in [0.5, 0.6) is 5.75 Å². The van der Waals surface area contributed by atoms with Crippen molar-refractivity contribution in [3.8, 4) is 5.75 Å². The van der Waals surface area contributed by atoms with E-state index in [1.54, 1.807) is 19.2 Å². The summed E-state index contributed by atoms with van der Waals surface area (Å²) < 4.78 is 33.7. The molecule has 0 aliphatic carbocycles. The Morgan fingerprint density at radius 3 is 2.86 bits per heavy atom. The van der Waals surface area contributed by atoms with Crippen molar-refractivity contribution in [1.29, 1.82) is 0 Å². The van der Waals surface area contributed by atoms with Gasteiger partial charge >= 0.3 is 6.29 Å². The van der Waals surface area contributed by atoms with E-state index in [1.165, 1.54) is 6.07 Å². The number of benzene rings is 1. The Hall–Kier alpha value is -1.36. The number of anilines is 1. The molecule has 3 nitrogen and oxygen atoms in total. The lowest BCUT2D eigenvalue weighted by molar-refractivity contribution is -0.344. The Balaban J connectivity index is 2.40. The second kappa shape index (κ2) is 3.09. The molecular weight excluding hydrogens is 192 g/mol. The molecule has 14 heavy (non-hydrogen) atoms. The van der Waals surface area contributed by atoms with Crippen LogP contribution in [0, 0.1) is 6.61 Å². The van der Waals surface area contributed by atoms with Crippen LogP contribution in [0.2, 0.25) is 0 Å². The molecule has 1 aromatic rings. The molecule has 1 N–H and O–H groups in total. The molecule has 1 heterocycles. The Morgan fingerprint density at radius 1 is 1.36 bits per heavy atom. The van der Waals surface area contributed by atoms with Crippen LogP contribution in [0.15, 0.2) is 18.2 Å². The van der Waals surface area contributed by atoms with Gasteiger partial charge < -0.3 is 10.1 Å². The van der Waals surface area contributed by atoms with Crippen molar-refractivity contribution in [1.82, 2.24) is 0 Å². The summed E-state index contributed by atoms with van der Waals surface area (Å²) in [4.78, 5) is 0. The van der Waals surface area contributed by atoms with E-state index in [-0.39, 0.29) is 5.75 Å². The summed E-state index contributed by atoms with van der Waals surface area (Å²) in [7, 11) is 1.69. The number of nitrogens with one attached hydrogen (secondary N) is 1. The highest BCUT2D eigenvalue weighted by Gasteiger charge is 2.39. The first-order chi connectivity index (χ1) is 6.62. The zero-order chi connectivity index (χ0) is 10.2. The average Bonchev–Trinajstić information content (AvgIpc) is 2.15. The number of alkyl halides is 2. The second-order valence-electron chi connectivity index (χ2n) is 2.77. The van der Waals surface area contributed by atoms with Gasteiger partial charge in [0.15, 0.2) is 0 Å². The summed E-state index contributed by atoms with van der Waals surface area (Å²) in [6, 6.07) is 4.83. The lowest BCUT2D eigenvalue weighted by Crippen LogP contribution is -2.31. The van der Waals surface area contributed by atoms with Gasteiger partial charge in [0, 0.05) is 18.3 Å². The minimum absolute atomic E-state index is 0.105. The van der Waals surface area contributed by atoms with Crippen molar-refractivity contribution in [2.24, 2.45) is 0 Å². The summed E-state index contributed by atoms with van der Waals surface area (Å²) in [6.07, 6.45) is -3.57. The van der Waals surface area contributed by atoms with Crippen molar-refractivity contribution in [3.63, 3.8) is 0 Å². The first-order valence-corrected chi connectivity index (χ1v) is 4.01. The Bertz CT molecular complexity index is 355. The standard InChI is InChI=1S/C9H8F2NO2/c1-12-7-3-2-4-8-6(7)5-13-9(10,11)14-8/h2-5,12H,1H3. The van der Waals surface area contributed by atoms with E-state index < -0.39 is 6.29 Å². The predicted molar refractivity (Wildman–Crippen MR) is 46.1 cm³/mol. The molecule has 1 aromatic carbocycles. The van der Waals surface area contributed by atoms with Crippen molar-refractivity contribution in [3.05, 3.63) is 30.4 Å². The van der Waals surface area contributed by atoms with Crippen molar-refractivity contribution in [2.75, 3.05) is 12.4 Å². The fraction of sp³-hybridized carbons (Fsp3) is 0.222. The third-order valence-corrected chi connectivity index (χ3v) is 1.88. The molecule has 0 saturated carbocycles. The van der Waals surface area contributed by atoms with Gasteiger partial charge in [0.1, 0.15) is 12.4 Å². The molecule has 0 bridgehead atoms. The predicted octanol–water partition coefficient (Wildman–Crippen LogP) is 2.20. The fourth-order valence-electron chi connectivity index (χ4n) is 1.25. The Labute approximate surface area is 79.6 Å². The first-order valence-electron chi connectivity index (χ1n) is 4.01.